The second-order valence-electron chi connectivity index (χ2n) is 14.3. The molecule has 6 rings (SSSR count). The topological polar surface area (TPSA) is 80.3 Å². The summed E-state index contributed by atoms with van der Waals surface area (Å²) in [6.07, 6.45) is 13.0. The Morgan fingerprint density at radius 1 is 0.620 bits per heavy atom. The summed E-state index contributed by atoms with van der Waals surface area (Å²) in [6, 6.07) is 23.3. The van der Waals surface area contributed by atoms with Crippen molar-refractivity contribution >= 4 is 11.9 Å². The molecule has 0 radical (unpaired) electrons. The van der Waals surface area contributed by atoms with Gasteiger partial charge in [-0.25, -0.2) is 9.59 Å². The molecule has 7 heteroatoms. The quantitative estimate of drug-likeness (QED) is 0.110. The minimum atomic E-state index is -0.577. The molecule has 0 amide bonds. The van der Waals surface area contributed by atoms with Gasteiger partial charge in [-0.15, -0.1) is 0 Å². The maximum absolute atomic E-state index is 13.1. The van der Waals surface area contributed by atoms with Crippen LogP contribution in [0.25, 0.3) is 11.1 Å². The Labute approximate surface area is 298 Å². The molecule has 3 fully saturated rings. The number of ether oxygens (including phenoxy) is 5. The Bertz CT molecular complexity index is 1490. The molecule has 0 spiro atoms. The van der Waals surface area contributed by atoms with E-state index in [1.54, 1.807) is 12.1 Å². The van der Waals surface area contributed by atoms with Crippen LogP contribution in [0.5, 0.6) is 5.75 Å². The zero-order chi connectivity index (χ0) is 34.7. The Balaban J connectivity index is 0.943. The van der Waals surface area contributed by atoms with Gasteiger partial charge in [0, 0.05) is 0 Å². The number of esters is 2. The lowest BCUT2D eigenvalue weighted by Crippen LogP contribution is -2.36. The first kappa shape index (κ1) is 36.1. The van der Waals surface area contributed by atoms with Crippen molar-refractivity contribution in [3.63, 3.8) is 0 Å². The van der Waals surface area contributed by atoms with Crippen LogP contribution < -0.4 is 4.74 Å². The summed E-state index contributed by atoms with van der Waals surface area (Å²) in [5, 5.41) is 0. The van der Waals surface area contributed by atoms with E-state index in [1.807, 2.05) is 48.5 Å². The van der Waals surface area contributed by atoms with Crippen LogP contribution in [0, 0.1) is 5.92 Å². The Morgan fingerprint density at radius 2 is 1.14 bits per heavy atom. The molecule has 2 heterocycles. The standard InChI is InChI=1S/C43H54O7/c1-3-5-7-9-27-46-37-25-23-34(24-26-37)33-17-21-36(22-18-33)43(45)50-39-29-48-40-38(28-47-41(39)40)49-42(44)35-19-15-32(16-20-35)31-13-11-30(12-14-31)10-8-6-4-2/h15-26,30-31,38-41H,3-14,27-29H2,1-2H3/t30?,31?,38-,39+,40-,41-/m0/s1. The van der Waals surface area contributed by atoms with Crippen LogP contribution in [0.3, 0.4) is 0 Å². The Hall–Kier alpha value is -3.68. The molecule has 3 aromatic rings. The molecule has 1 saturated carbocycles. The van der Waals surface area contributed by atoms with E-state index >= 15 is 0 Å². The van der Waals surface area contributed by atoms with Gasteiger partial charge in [-0.2, -0.15) is 0 Å². The van der Waals surface area contributed by atoms with E-state index in [0.29, 0.717) is 17.0 Å². The fraction of sp³-hybridized carbons (Fsp3) is 0.535. The molecule has 2 saturated heterocycles. The maximum atomic E-state index is 13.1. The summed E-state index contributed by atoms with van der Waals surface area (Å²) < 4.78 is 29.4. The first-order valence-electron chi connectivity index (χ1n) is 19.1. The monoisotopic (exact) mass is 682 g/mol. The molecule has 7 nitrogen and oxygen atoms in total. The lowest BCUT2D eigenvalue weighted by atomic mass is 9.77. The van der Waals surface area contributed by atoms with Gasteiger partial charge in [-0.3, -0.25) is 0 Å². The molecule has 1 aliphatic carbocycles. The first-order chi connectivity index (χ1) is 24.5. The van der Waals surface area contributed by atoms with Crippen LogP contribution >= 0.6 is 0 Å². The molecule has 4 atom stereocenters. The zero-order valence-corrected chi connectivity index (χ0v) is 29.9. The van der Waals surface area contributed by atoms with Crippen LogP contribution in [-0.4, -0.2) is 56.2 Å². The van der Waals surface area contributed by atoms with Crippen LogP contribution in [0.2, 0.25) is 0 Å². The molecule has 3 aliphatic rings. The number of hydrogen-bond acceptors (Lipinski definition) is 7. The summed E-state index contributed by atoms with van der Waals surface area (Å²) in [6.45, 7) is 5.59. The second kappa shape index (κ2) is 18.0. The van der Waals surface area contributed by atoms with Gasteiger partial charge in [0.2, 0.25) is 0 Å². The third-order valence-corrected chi connectivity index (χ3v) is 10.7. The normalized spacial score (nSPS) is 24.4. The predicted molar refractivity (Wildman–Crippen MR) is 195 cm³/mol. The summed E-state index contributed by atoms with van der Waals surface area (Å²) >= 11 is 0. The van der Waals surface area contributed by atoms with Gasteiger partial charge in [-0.05, 0) is 97.0 Å². The minimum absolute atomic E-state index is 0.190. The number of carbonyl (C=O) groups is 2. The maximum Gasteiger partial charge on any atom is 0.338 e. The lowest BCUT2D eigenvalue weighted by Gasteiger charge is -2.29. The van der Waals surface area contributed by atoms with E-state index in [9.17, 15) is 9.59 Å². The molecule has 2 aliphatic heterocycles. The number of unbranched alkanes of at least 4 members (excludes halogenated alkanes) is 5. The highest BCUT2D eigenvalue weighted by Crippen LogP contribution is 2.38. The van der Waals surface area contributed by atoms with Gasteiger partial charge in [0.05, 0.1) is 30.9 Å². The van der Waals surface area contributed by atoms with Crippen molar-refractivity contribution in [3.05, 3.63) is 89.5 Å². The van der Waals surface area contributed by atoms with Gasteiger partial charge >= 0.3 is 11.9 Å². The molecular weight excluding hydrogens is 628 g/mol. The summed E-state index contributed by atoms with van der Waals surface area (Å²) in [5.41, 5.74) is 4.33. The van der Waals surface area contributed by atoms with Crippen LogP contribution in [0.1, 0.15) is 123 Å². The highest BCUT2D eigenvalue weighted by Gasteiger charge is 2.51. The highest BCUT2D eigenvalue weighted by molar-refractivity contribution is 5.90. The fourth-order valence-corrected chi connectivity index (χ4v) is 7.66. The Kier molecular flexibility index (Phi) is 13.0. The third-order valence-electron chi connectivity index (χ3n) is 10.7. The summed E-state index contributed by atoms with van der Waals surface area (Å²) in [7, 11) is 0. The number of fused-ring (bicyclic) bond motifs is 1. The average Bonchev–Trinajstić information content (AvgIpc) is 3.75. The molecule has 3 aromatic carbocycles. The second-order valence-corrected chi connectivity index (χ2v) is 14.3. The smallest absolute Gasteiger partial charge is 0.338 e. The molecule has 50 heavy (non-hydrogen) atoms. The predicted octanol–water partition coefficient (Wildman–Crippen LogP) is 9.72. The van der Waals surface area contributed by atoms with Crippen LogP contribution in [0.15, 0.2) is 72.8 Å². The van der Waals surface area contributed by atoms with Crippen molar-refractivity contribution in [1.82, 2.24) is 0 Å². The van der Waals surface area contributed by atoms with Gasteiger partial charge in [-0.1, -0.05) is 95.2 Å². The first-order valence-corrected chi connectivity index (χ1v) is 19.1. The van der Waals surface area contributed by atoms with Crippen molar-refractivity contribution in [3.8, 4) is 16.9 Å². The van der Waals surface area contributed by atoms with E-state index in [0.717, 1.165) is 35.8 Å². The molecular formula is C43H54O7. The number of benzene rings is 3. The molecule has 268 valence electrons. The van der Waals surface area contributed by atoms with E-state index in [-0.39, 0.29) is 19.2 Å². The van der Waals surface area contributed by atoms with Crippen molar-refractivity contribution in [2.24, 2.45) is 5.92 Å². The molecule has 0 unspecified atom stereocenters. The fourth-order valence-electron chi connectivity index (χ4n) is 7.66. The van der Waals surface area contributed by atoms with Crippen LogP contribution in [0.4, 0.5) is 0 Å². The van der Waals surface area contributed by atoms with Crippen molar-refractivity contribution < 1.29 is 33.3 Å². The average molecular weight is 683 g/mol. The largest absolute Gasteiger partial charge is 0.494 e. The number of hydrogen-bond donors (Lipinski definition) is 0. The molecule has 0 aromatic heterocycles. The lowest BCUT2D eigenvalue weighted by molar-refractivity contribution is -0.0287. The number of carbonyl (C=O) groups excluding carboxylic acids is 2. The molecule has 0 N–H and O–H groups in total. The van der Waals surface area contributed by atoms with E-state index in [2.05, 4.69) is 26.0 Å². The van der Waals surface area contributed by atoms with E-state index in [4.69, 9.17) is 23.7 Å². The van der Waals surface area contributed by atoms with Gasteiger partial charge in [0.25, 0.3) is 0 Å². The van der Waals surface area contributed by atoms with Crippen molar-refractivity contribution in [2.45, 2.75) is 121 Å². The van der Waals surface area contributed by atoms with E-state index < -0.39 is 30.4 Å². The zero-order valence-electron chi connectivity index (χ0n) is 29.9. The van der Waals surface area contributed by atoms with Crippen molar-refractivity contribution in [2.75, 3.05) is 19.8 Å². The van der Waals surface area contributed by atoms with Gasteiger partial charge < -0.3 is 23.7 Å². The SMILES string of the molecule is CCCCCCOc1ccc(-c2ccc(C(=O)O[C@@H]3CO[C@@H]4[C@H]3OC[C@@H]4OC(=O)c3ccc(C4CCC(CCCCC)CC4)cc3)cc2)cc1. The van der Waals surface area contributed by atoms with Crippen LogP contribution in [-0.2, 0) is 18.9 Å². The minimum Gasteiger partial charge on any atom is -0.494 e. The van der Waals surface area contributed by atoms with E-state index in [1.165, 1.54) is 76.2 Å². The van der Waals surface area contributed by atoms with Gasteiger partial charge in [0.15, 0.2) is 12.2 Å². The summed E-state index contributed by atoms with van der Waals surface area (Å²) in [5.74, 6) is 1.48. The van der Waals surface area contributed by atoms with Gasteiger partial charge in [0.1, 0.15) is 18.0 Å². The third kappa shape index (κ3) is 9.35. The number of rotatable bonds is 16. The van der Waals surface area contributed by atoms with Crippen molar-refractivity contribution in [1.29, 1.82) is 0 Å². The molecule has 0 bridgehead atoms. The summed E-state index contributed by atoms with van der Waals surface area (Å²) in [4.78, 5) is 26.2. The Morgan fingerprint density at radius 3 is 1.70 bits per heavy atom. The highest BCUT2D eigenvalue weighted by atomic mass is 16.7.